The summed E-state index contributed by atoms with van der Waals surface area (Å²) in [7, 11) is 0. The van der Waals surface area contributed by atoms with Crippen molar-refractivity contribution in [1.29, 1.82) is 0 Å². The van der Waals surface area contributed by atoms with Gasteiger partial charge in [-0.15, -0.1) is 24.1 Å². The minimum atomic E-state index is -0.374. The molecule has 1 aliphatic rings. The van der Waals surface area contributed by atoms with E-state index in [9.17, 15) is 9.59 Å². The molecule has 0 saturated carbocycles. The van der Waals surface area contributed by atoms with Crippen molar-refractivity contribution in [1.82, 2.24) is 5.32 Å². The van der Waals surface area contributed by atoms with Crippen LogP contribution in [0.15, 0.2) is 0 Å². The Bertz CT molecular complexity index is 364. The highest BCUT2D eigenvalue weighted by molar-refractivity contribution is 8.00. The second kappa shape index (κ2) is 8.11. The van der Waals surface area contributed by atoms with E-state index < -0.39 is 0 Å². The van der Waals surface area contributed by atoms with Crippen LogP contribution in [-0.4, -0.2) is 29.1 Å². The molecule has 3 atom stereocenters. The zero-order valence-electron chi connectivity index (χ0n) is 11.5. The molecule has 0 spiro atoms. The Balaban J connectivity index is 2.34. The fraction of sp³-hybridized carbons (Fsp3) is 0.714. The largest absolute Gasteiger partial charge is 0.462 e. The Kier molecular flexibility index (Phi) is 6.79. The first kappa shape index (κ1) is 15.9. The van der Waals surface area contributed by atoms with Crippen molar-refractivity contribution in [3.8, 4) is 12.3 Å². The number of hydrogen-bond acceptors (Lipinski definition) is 4. The number of amides is 1. The molecule has 19 heavy (non-hydrogen) atoms. The second-order valence-corrected chi connectivity index (χ2v) is 5.83. The van der Waals surface area contributed by atoms with Gasteiger partial charge in [0.2, 0.25) is 5.91 Å². The number of β-lactam (4-membered cyclic amide) rings is 1. The van der Waals surface area contributed by atoms with Crippen molar-refractivity contribution in [3.05, 3.63) is 0 Å². The van der Waals surface area contributed by atoms with Crippen LogP contribution in [0.1, 0.15) is 39.5 Å². The predicted octanol–water partition coefficient (Wildman–Crippen LogP) is 1.94. The molecule has 1 fully saturated rings. The number of nitrogens with one attached hydrogen (secondary N) is 1. The number of carbonyl (C=O) groups excluding carboxylic acids is 2. The fourth-order valence-electron chi connectivity index (χ4n) is 1.89. The molecule has 1 rings (SSSR count). The Morgan fingerprint density at radius 3 is 2.95 bits per heavy atom. The fourth-order valence-corrected chi connectivity index (χ4v) is 3.13. The van der Waals surface area contributed by atoms with Crippen molar-refractivity contribution >= 4 is 23.6 Å². The van der Waals surface area contributed by atoms with Gasteiger partial charge in [0.25, 0.3) is 0 Å². The smallest absolute Gasteiger partial charge is 0.306 e. The number of thioether (sulfide) groups is 1. The van der Waals surface area contributed by atoms with Crippen molar-refractivity contribution in [3.63, 3.8) is 0 Å². The molecule has 0 aromatic carbocycles. The van der Waals surface area contributed by atoms with Crippen LogP contribution >= 0.6 is 11.8 Å². The SMILES string of the molecule is C#CCCCC(=O)O[C@H](C)[C@@H]1C(=O)N[C@@H]1SCCC. The quantitative estimate of drug-likeness (QED) is 0.320. The van der Waals surface area contributed by atoms with Crippen LogP contribution in [0.4, 0.5) is 0 Å². The Hall–Kier alpha value is -1.15. The van der Waals surface area contributed by atoms with E-state index in [0.717, 1.165) is 12.2 Å². The third-order valence-electron chi connectivity index (χ3n) is 2.94. The van der Waals surface area contributed by atoms with E-state index in [4.69, 9.17) is 11.2 Å². The van der Waals surface area contributed by atoms with Crippen molar-refractivity contribution in [2.75, 3.05) is 5.75 Å². The van der Waals surface area contributed by atoms with Gasteiger partial charge >= 0.3 is 5.97 Å². The minimum absolute atomic E-state index is 0.0301. The van der Waals surface area contributed by atoms with Crippen LogP contribution in [0, 0.1) is 18.3 Å². The minimum Gasteiger partial charge on any atom is -0.462 e. The molecule has 0 aromatic heterocycles. The average molecular weight is 283 g/mol. The number of hydrogen-bond donors (Lipinski definition) is 1. The van der Waals surface area contributed by atoms with Gasteiger partial charge in [-0.1, -0.05) is 6.92 Å². The highest BCUT2D eigenvalue weighted by Crippen LogP contribution is 2.30. The van der Waals surface area contributed by atoms with Crippen molar-refractivity contribution in [2.24, 2.45) is 5.92 Å². The molecule has 4 nitrogen and oxygen atoms in total. The summed E-state index contributed by atoms with van der Waals surface area (Å²) in [5.74, 6) is 2.94. The normalized spacial score (nSPS) is 22.9. The summed E-state index contributed by atoms with van der Waals surface area (Å²) in [5, 5.41) is 2.91. The molecule has 0 radical (unpaired) electrons. The van der Waals surface area contributed by atoms with Crippen molar-refractivity contribution in [2.45, 2.75) is 51.0 Å². The van der Waals surface area contributed by atoms with Crippen LogP contribution < -0.4 is 5.32 Å². The van der Waals surface area contributed by atoms with Gasteiger partial charge in [-0.05, 0) is 25.5 Å². The van der Waals surface area contributed by atoms with Crippen LogP contribution in [0.5, 0.6) is 0 Å². The number of carbonyl (C=O) groups is 2. The Morgan fingerprint density at radius 2 is 2.37 bits per heavy atom. The lowest BCUT2D eigenvalue weighted by molar-refractivity contribution is -0.156. The zero-order chi connectivity index (χ0) is 14.3. The molecule has 1 amide bonds. The highest BCUT2D eigenvalue weighted by atomic mass is 32.2. The summed E-state index contributed by atoms with van der Waals surface area (Å²) in [6.07, 6.45) is 7.32. The average Bonchev–Trinajstić information content (AvgIpc) is 2.34. The molecular formula is C14H21NO3S. The Morgan fingerprint density at radius 1 is 1.63 bits per heavy atom. The van der Waals surface area contributed by atoms with E-state index >= 15 is 0 Å². The Labute approximate surface area is 119 Å². The summed E-state index contributed by atoms with van der Waals surface area (Å²) in [6.45, 7) is 3.87. The summed E-state index contributed by atoms with van der Waals surface area (Å²) in [5.41, 5.74) is 0. The van der Waals surface area contributed by atoms with Crippen LogP contribution in [0.3, 0.4) is 0 Å². The first-order valence-corrected chi connectivity index (χ1v) is 7.70. The lowest BCUT2D eigenvalue weighted by Gasteiger charge is -2.39. The maximum absolute atomic E-state index is 11.6. The molecule has 0 bridgehead atoms. The summed E-state index contributed by atoms with van der Waals surface area (Å²) in [6, 6.07) is 0. The molecule has 1 heterocycles. The molecular weight excluding hydrogens is 262 g/mol. The van der Waals surface area contributed by atoms with Gasteiger partial charge in [-0.3, -0.25) is 9.59 Å². The molecule has 0 unspecified atom stereocenters. The summed E-state index contributed by atoms with van der Waals surface area (Å²) in [4.78, 5) is 23.1. The van der Waals surface area contributed by atoms with E-state index in [0.29, 0.717) is 19.3 Å². The van der Waals surface area contributed by atoms with Gasteiger partial charge in [0, 0.05) is 12.8 Å². The van der Waals surface area contributed by atoms with Gasteiger partial charge in [-0.25, -0.2) is 0 Å². The highest BCUT2D eigenvalue weighted by Gasteiger charge is 2.44. The monoisotopic (exact) mass is 283 g/mol. The number of rotatable bonds is 8. The number of ether oxygens (including phenoxy) is 1. The van der Waals surface area contributed by atoms with Gasteiger partial charge < -0.3 is 10.1 Å². The maximum atomic E-state index is 11.6. The number of esters is 1. The zero-order valence-corrected chi connectivity index (χ0v) is 12.3. The van der Waals surface area contributed by atoms with Crippen molar-refractivity contribution < 1.29 is 14.3 Å². The standard InChI is InChI=1S/C14H21NO3S/c1-4-6-7-8-11(16)18-10(3)12-13(17)15-14(12)19-9-5-2/h1,10,12,14H,5-9H2,2-3H3,(H,15,17)/t10-,12-,14-/m1/s1. The second-order valence-electron chi connectivity index (χ2n) is 4.58. The van der Waals surface area contributed by atoms with Crippen LogP contribution in [0.25, 0.3) is 0 Å². The molecule has 1 aliphatic heterocycles. The van der Waals surface area contributed by atoms with E-state index in [2.05, 4.69) is 18.2 Å². The van der Waals surface area contributed by atoms with E-state index in [1.807, 2.05) is 0 Å². The van der Waals surface area contributed by atoms with E-state index in [1.54, 1.807) is 18.7 Å². The molecule has 0 aromatic rings. The first-order chi connectivity index (χ1) is 9.10. The summed E-state index contributed by atoms with van der Waals surface area (Å²) >= 11 is 1.70. The lowest BCUT2D eigenvalue weighted by Crippen LogP contribution is -2.60. The predicted molar refractivity (Wildman–Crippen MR) is 76.4 cm³/mol. The van der Waals surface area contributed by atoms with Gasteiger partial charge in [0.05, 0.1) is 5.37 Å². The molecule has 1 N–H and O–H groups in total. The molecule has 106 valence electrons. The third-order valence-corrected chi connectivity index (χ3v) is 4.35. The number of unbranched alkanes of at least 4 members (excludes halogenated alkanes) is 1. The molecule has 5 heteroatoms. The first-order valence-electron chi connectivity index (χ1n) is 6.65. The van der Waals surface area contributed by atoms with Crippen LogP contribution in [-0.2, 0) is 14.3 Å². The molecule has 1 saturated heterocycles. The molecule has 0 aliphatic carbocycles. The van der Waals surface area contributed by atoms with Gasteiger partial charge in [0.15, 0.2) is 0 Å². The summed E-state index contributed by atoms with van der Waals surface area (Å²) < 4.78 is 5.30. The van der Waals surface area contributed by atoms with Crippen LogP contribution in [0.2, 0.25) is 0 Å². The lowest BCUT2D eigenvalue weighted by atomic mass is 9.95. The van der Waals surface area contributed by atoms with E-state index in [1.165, 1.54) is 0 Å². The maximum Gasteiger partial charge on any atom is 0.306 e. The third kappa shape index (κ3) is 4.79. The van der Waals surface area contributed by atoms with Gasteiger partial charge in [-0.2, -0.15) is 0 Å². The van der Waals surface area contributed by atoms with E-state index in [-0.39, 0.29) is 29.3 Å². The number of terminal acetylenes is 1. The topological polar surface area (TPSA) is 55.4 Å². The van der Waals surface area contributed by atoms with Gasteiger partial charge in [0.1, 0.15) is 12.0 Å².